The molecule has 0 atom stereocenters. The van der Waals surface area contributed by atoms with E-state index in [1.807, 2.05) is 0 Å². The first-order valence-corrected chi connectivity index (χ1v) is 5.23. The minimum Gasteiger partial charge on any atom is -0.224 e. The quantitative estimate of drug-likeness (QED) is 0.625. The van der Waals surface area contributed by atoms with Gasteiger partial charge in [-0.3, -0.25) is 0 Å². The van der Waals surface area contributed by atoms with Crippen LogP contribution in [0.2, 0.25) is 0 Å². The summed E-state index contributed by atoms with van der Waals surface area (Å²) < 4.78 is 21.9. The van der Waals surface area contributed by atoms with Crippen molar-refractivity contribution in [3.63, 3.8) is 0 Å². The van der Waals surface area contributed by atoms with Gasteiger partial charge in [-0.2, -0.15) is 0 Å². The fraction of sp³-hybridized carbons (Fsp3) is 0.111. The molecule has 66 valence electrons. The van der Waals surface area contributed by atoms with Gasteiger partial charge in [0, 0.05) is 6.26 Å². The summed E-state index contributed by atoms with van der Waals surface area (Å²) in [7, 11) is -3.14. The van der Waals surface area contributed by atoms with Gasteiger partial charge in [0.1, 0.15) is 0 Å². The zero-order chi connectivity index (χ0) is 9.61. The molecule has 0 unspecified atom stereocenters. The van der Waals surface area contributed by atoms with Crippen LogP contribution >= 0.6 is 0 Å². The molecule has 0 aliphatic rings. The fourth-order valence-electron chi connectivity index (χ4n) is 0.572. The van der Waals surface area contributed by atoms with Crippen LogP contribution in [0, 0.1) is 0 Å². The monoisotopic (exact) mass is 184 g/mol. The highest BCUT2D eigenvalue weighted by Crippen LogP contribution is 2.04. The van der Waals surface area contributed by atoms with E-state index in [0.29, 0.717) is 0 Å². The molecule has 0 aromatic carbocycles. The molecule has 2 nitrogen and oxygen atoms in total. The smallest absolute Gasteiger partial charge is 0.175 e. The van der Waals surface area contributed by atoms with E-state index in [-0.39, 0.29) is 4.91 Å². The average molecular weight is 184 g/mol. The molecule has 0 saturated heterocycles. The lowest BCUT2D eigenvalue weighted by Gasteiger charge is -1.94. The van der Waals surface area contributed by atoms with Crippen molar-refractivity contribution in [2.24, 2.45) is 0 Å². The molecule has 0 amide bonds. The van der Waals surface area contributed by atoms with Crippen molar-refractivity contribution >= 4 is 9.84 Å². The van der Waals surface area contributed by atoms with Crippen molar-refractivity contribution in [3.05, 3.63) is 48.4 Å². The van der Waals surface area contributed by atoms with E-state index in [9.17, 15) is 8.42 Å². The average Bonchev–Trinajstić information content (AvgIpc) is 1.95. The van der Waals surface area contributed by atoms with Gasteiger partial charge in [0.05, 0.1) is 4.91 Å². The third-order valence-electron chi connectivity index (χ3n) is 1.14. The molecular weight excluding hydrogens is 172 g/mol. The van der Waals surface area contributed by atoms with Gasteiger partial charge in [0.15, 0.2) is 9.84 Å². The molecule has 0 spiro atoms. The van der Waals surface area contributed by atoms with Crippen LogP contribution in [0.5, 0.6) is 0 Å². The van der Waals surface area contributed by atoms with Crippen LogP contribution < -0.4 is 0 Å². The minimum atomic E-state index is -3.14. The second kappa shape index (κ2) is 4.72. The van der Waals surface area contributed by atoms with Crippen molar-refractivity contribution in [2.75, 3.05) is 6.26 Å². The molecule has 0 N–H and O–H groups in total. The molecule has 0 aromatic rings. The Kier molecular flexibility index (Phi) is 4.29. The lowest BCUT2D eigenvalue weighted by atomic mass is 10.4. The Hall–Kier alpha value is -1.09. The summed E-state index contributed by atoms with van der Waals surface area (Å²) in [6.07, 6.45) is 8.74. The van der Waals surface area contributed by atoms with Gasteiger partial charge in [-0.1, -0.05) is 37.5 Å². The van der Waals surface area contributed by atoms with E-state index in [2.05, 4.69) is 13.2 Å². The third-order valence-corrected chi connectivity index (χ3v) is 2.30. The highest BCUT2D eigenvalue weighted by molar-refractivity contribution is 7.94. The molecule has 0 heterocycles. The topological polar surface area (TPSA) is 34.1 Å². The standard InChI is InChI=1S/C9H12O2S/c1-4-6-7-8-9(5-2)12(3,10)11/h4-8H,1-2H2,3H3/b7-6-,9-8+. The van der Waals surface area contributed by atoms with E-state index in [1.165, 1.54) is 12.2 Å². The van der Waals surface area contributed by atoms with Crippen LogP contribution in [0.1, 0.15) is 0 Å². The lowest BCUT2D eigenvalue weighted by molar-refractivity contribution is 0.608. The van der Waals surface area contributed by atoms with E-state index in [0.717, 1.165) is 6.26 Å². The van der Waals surface area contributed by atoms with Gasteiger partial charge >= 0.3 is 0 Å². The van der Waals surface area contributed by atoms with Gasteiger partial charge in [0.2, 0.25) is 0 Å². The molecule has 0 saturated carbocycles. The van der Waals surface area contributed by atoms with Gasteiger partial charge in [-0.15, -0.1) is 0 Å². The maximum Gasteiger partial charge on any atom is 0.175 e. The summed E-state index contributed by atoms with van der Waals surface area (Å²) in [6, 6.07) is 0. The van der Waals surface area contributed by atoms with Crippen LogP contribution in [0.25, 0.3) is 0 Å². The SMILES string of the molecule is C=C/C=C\C=C(/C=C)S(C)(=O)=O. The zero-order valence-corrected chi connectivity index (χ0v) is 7.84. The van der Waals surface area contributed by atoms with E-state index < -0.39 is 9.84 Å². The minimum absolute atomic E-state index is 0.209. The molecule has 0 radical (unpaired) electrons. The number of sulfone groups is 1. The van der Waals surface area contributed by atoms with Crippen molar-refractivity contribution < 1.29 is 8.42 Å². The second-order valence-electron chi connectivity index (χ2n) is 2.17. The molecule has 0 aromatic heterocycles. The van der Waals surface area contributed by atoms with E-state index >= 15 is 0 Å². The molecular formula is C9H12O2S. The molecule has 3 heteroatoms. The largest absolute Gasteiger partial charge is 0.224 e. The number of hydrogen-bond acceptors (Lipinski definition) is 2. The second-order valence-corrected chi connectivity index (χ2v) is 4.18. The summed E-state index contributed by atoms with van der Waals surface area (Å²) >= 11 is 0. The predicted octanol–water partition coefficient (Wildman–Crippen LogP) is 1.84. The fourth-order valence-corrected chi connectivity index (χ4v) is 1.20. The van der Waals surface area contributed by atoms with Gasteiger partial charge in [-0.25, -0.2) is 8.42 Å². The number of rotatable bonds is 4. The summed E-state index contributed by atoms with van der Waals surface area (Å²) in [6.45, 7) is 6.85. The van der Waals surface area contributed by atoms with E-state index in [1.54, 1.807) is 18.2 Å². The number of hydrogen-bond donors (Lipinski definition) is 0. The molecule has 0 aliphatic carbocycles. The Morgan fingerprint density at radius 1 is 1.25 bits per heavy atom. The summed E-state index contributed by atoms with van der Waals surface area (Å²) in [5.41, 5.74) is 0. The molecule has 0 aliphatic heterocycles. The third kappa shape index (κ3) is 3.93. The first kappa shape index (κ1) is 10.9. The van der Waals surface area contributed by atoms with Crippen LogP contribution in [-0.4, -0.2) is 14.7 Å². The van der Waals surface area contributed by atoms with E-state index in [4.69, 9.17) is 0 Å². The zero-order valence-electron chi connectivity index (χ0n) is 7.03. The first-order valence-electron chi connectivity index (χ1n) is 3.34. The van der Waals surface area contributed by atoms with Gasteiger partial charge in [-0.05, 0) is 6.08 Å². The van der Waals surface area contributed by atoms with Crippen molar-refractivity contribution in [2.45, 2.75) is 0 Å². The molecule has 0 bridgehead atoms. The Labute approximate surface area is 73.5 Å². The van der Waals surface area contributed by atoms with Crippen LogP contribution in [-0.2, 0) is 9.84 Å². The molecule has 0 fully saturated rings. The first-order chi connectivity index (χ1) is 5.52. The lowest BCUT2D eigenvalue weighted by Crippen LogP contribution is -1.97. The predicted molar refractivity (Wildman–Crippen MR) is 52.5 cm³/mol. The Morgan fingerprint density at radius 3 is 2.17 bits per heavy atom. The van der Waals surface area contributed by atoms with Crippen LogP contribution in [0.15, 0.2) is 48.4 Å². The normalized spacial score (nSPS) is 13.2. The Bertz CT molecular complexity index is 318. The summed E-state index contributed by atoms with van der Waals surface area (Å²) in [4.78, 5) is 0.209. The maximum absolute atomic E-state index is 11.0. The van der Waals surface area contributed by atoms with Crippen molar-refractivity contribution in [3.8, 4) is 0 Å². The van der Waals surface area contributed by atoms with Crippen molar-refractivity contribution in [1.29, 1.82) is 0 Å². The highest BCUT2D eigenvalue weighted by atomic mass is 32.2. The Balaban J connectivity index is 4.80. The van der Waals surface area contributed by atoms with Gasteiger partial charge < -0.3 is 0 Å². The maximum atomic E-state index is 11.0. The highest BCUT2D eigenvalue weighted by Gasteiger charge is 2.04. The van der Waals surface area contributed by atoms with Crippen molar-refractivity contribution in [1.82, 2.24) is 0 Å². The Morgan fingerprint density at radius 2 is 1.83 bits per heavy atom. The van der Waals surface area contributed by atoms with Crippen LogP contribution in [0.4, 0.5) is 0 Å². The summed E-state index contributed by atoms with van der Waals surface area (Å²) in [5, 5.41) is 0. The van der Waals surface area contributed by atoms with Crippen LogP contribution in [0.3, 0.4) is 0 Å². The van der Waals surface area contributed by atoms with Gasteiger partial charge in [0.25, 0.3) is 0 Å². The molecule has 12 heavy (non-hydrogen) atoms. The number of allylic oxidation sites excluding steroid dienone is 5. The summed E-state index contributed by atoms with van der Waals surface area (Å²) in [5.74, 6) is 0. The molecule has 0 rings (SSSR count).